The van der Waals surface area contributed by atoms with Crippen LogP contribution in [0, 0.1) is 5.82 Å². The zero-order chi connectivity index (χ0) is 17.7. The van der Waals surface area contributed by atoms with Crippen LogP contribution in [0.1, 0.15) is 23.6 Å². The van der Waals surface area contributed by atoms with Crippen LogP contribution in [0.4, 0.5) is 4.39 Å². The molecule has 128 valence electrons. The molecule has 7 heteroatoms. The van der Waals surface area contributed by atoms with Crippen LogP contribution < -0.4 is 5.73 Å². The molecule has 1 unspecified atom stereocenters. The molecule has 0 fully saturated rings. The Bertz CT molecular complexity index is 753. The zero-order valence-corrected chi connectivity index (χ0v) is 15.3. The van der Waals surface area contributed by atoms with Gasteiger partial charge in [-0.25, -0.2) is 9.38 Å². The summed E-state index contributed by atoms with van der Waals surface area (Å²) in [7, 11) is 0. The molecule has 2 aromatic rings. The molecule has 1 atom stereocenters. The van der Waals surface area contributed by atoms with Gasteiger partial charge in [-0.2, -0.15) is 0 Å². The van der Waals surface area contributed by atoms with Gasteiger partial charge in [0.2, 0.25) is 0 Å². The van der Waals surface area contributed by atoms with Crippen LogP contribution in [0.3, 0.4) is 0 Å². The number of aliphatic imine (C=N–C) groups is 1. The molecule has 0 spiro atoms. The molecule has 2 aromatic carbocycles. The Balaban J connectivity index is 2.34. The number of rotatable bonds is 5. The number of nitrogens with two attached hydrogens (primary N) is 1. The van der Waals surface area contributed by atoms with Gasteiger partial charge >= 0.3 is 0 Å². The van der Waals surface area contributed by atoms with Crippen molar-refractivity contribution >= 4 is 40.0 Å². The number of aliphatic hydroxyl groups is 1. The third-order valence-corrected chi connectivity index (χ3v) is 5.13. The summed E-state index contributed by atoms with van der Waals surface area (Å²) in [6.45, 7) is 1.78. The fourth-order valence-corrected chi connectivity index (χ4v) is 3.66. The predicted octanol–water partition coefficient (Wildman–Crippen LogP) is 4.61. The largest absolute Gasteiger partial charge is 0.372 e. The second-order valence-electron chi connectivity index (χ2n) is 5.07. The smallest absolute Gasteiger partial charge is 0.143 e. The molecule has 0 bridgehead atoms. The van der Waals surface area contributed by atoms with E-state index in [1.54, 1.807) is 12.1 Å². The summed E-state index contributed by atoms with van der Waals surface area (Å²) < 4.78 is 13.7. The van der Waals surface area contributed by atoms with Crippen LogP contribution in [0.15, 0.2) is 41.4 Å². The van der Waals surface area contributed by atoms with E-state index in [0.29, 0.717) is 26.4 Å². The Morgan fingerprint density at radius 2 is 2.04 bits per heavy atom. The predicted molar refractivity (Wildman–Crippen MR) is 100 cm³/mol. The summed E-state index contributed by atoms with van der Waals surface area (Å²) in [6, 6.07) is 9.72. The normalized spacial score (nSPS) is 13.2. The minimum Gasteiger partial charge on any atom is -0.372 e. The van der Waals surface area contributed by atoms with E-state index in [9.17, 15) is 9.50 Å². The summed E-state index contributed by atoms with van der Waals surface area (Å²) in [5, 5.41) is 11.1. The van der Waals surface area contributed by atoms with Gasteiger partial charge in [0.25, 0.3) is 0 Å². The molecule has 0 aliphatic rings. The van der Waals surface area contributed by atoms with Crippen molar-refractivity contribution in [2.24, 2.45) is 10.7 Å². The number of aliphatic hydroxyl groups excluding tert-OH is 1. The topological polar surface area (TPSA) is 58.6 Å². The quantitative estimate of drug-likeness (QED) is 0.582. The lowest BCUT2D eigenvalue weighted by Crippen LogP contribution is -2.10. The monoisotopic (exact) mass is 386 g/mol. The van der Waals surface area contributed by atoms with Crippen LogP contribution in [0.25, 0.3) is 0 Å². The second-order valence-corrected chi connectivity index (χ2v) is 6.82. The lowest BCUT2D eigenvalue weighted by molar-refractivity contribution is 0.206. The summed E-state index contributed by atoms with van der Waals surface area (Å²) in [4.78, 5) is 4.20. The average Bonchev–Trinajstić information content (AvgIpc) is 2.54. The highest BCUT2D eigenvalue weighted by molar-refractivity contribution is 8.13. The Morgan fingerprint density at radius 1 is 1.29 bits per heavy atom. The van der Waals surface area contributed by atoms with E-state index >= 15 is 0 Å². The minimum atomic E-state index is -0.920. The third kappa shape index (κ3) is 4.94. The molecule has 3 N–H and O–H groups in total. The van der Waals surface area contributed by atoms with Crippen molar-refractivity contribution in [2.45, 2.75) is 25.4 Å². The van der Waals surface area contributed by atoms with Crippen molar-refractivity contribution in [1.29, 1.82) is 0 Å². The van der Waals surface area contributed by atoms with E-state index in [2.05, 4.69) is 4.99 Å². The molecular formula is C17H17Cl2FN2OS. The molecule has 0 radical (unpaired) electrons. The Kier molecular flexibility index (Phi) is 7.07. The molecule has 0 saturated heterocycles. The highest BCUT2D eigenvalue weighted by atomic mass is 35.5. The van der Waals surface area contributed by atoms with E-state index in [4.69, 9.17) is 28.9 Å². The molecule has 0 aromatic heterocycles. The Morgan fingerprint density at radius 3 is 2.71 bits per heavy atom. The van der Waals surface area contributed by atoms with Crippen molar-refractivity contribution in [3.8, 4) is 0 Å². The molecule has 3 nitrogen and oxygen atoms in total. The maximum Gasteiger partial charge on any atom is 0.143 e. The Hall–Kier alpha value is -1.11. The fraction of sp³-hybridized carbons (Fsp3) is 0.235. The highest BCUT2D eigenvalue weighted by Crippen LogP contribution is 2.30. The van der Waals surface area contributed by atoms with Crippen molar-refractivity contribution in [2.75, 3.05) is 0 Å². The van der Waals surface area contributed by atoms with Crippen molar-refractivity contribution in [3.63, 3.8) is 0 Å². The van der Waals surface area contributed by atoms with Crippen LogP contribution in [-0.2, 0) is 12.3 Å². The van der Waals surface area contributed by atoms with E-state index in [1.165, 1.54) is 30.8 Å². The first-order valence-electron chi connectivity index (χ1n) is 7.22. The van der Waals surface area contributed by atoms with Gasteiger partial charge in [-0.1, -0.05) is 41.4 Å². The van der Waals surface area contributed by atoms with Crippen LogP contribution in [0.2, 0.25) is 10.0 Å². The standard InChI is InChI=1S/C17H17Cl2FN2OS/c1-10(23)22-17(14-7-13(20)6-5-11(14)8-21)24-9-12-3-2-4-15(18)16(12)19/h2-7,10,23H,8-9,21H2,1H3/b22-17+. The number of hydrogen-bond donors (Lipinski definition) is 2. The van der Waals surface area contributed by atoms with E-state index < -0.39 is 6.23 Å². The summed E-state index contributed by atoms with van der Waals surface area (Å²) in [5.41, 5.74) is 7.89. The van der Waals surface area contributed by atoms with E-state index in [1.807, 2.05) is 12.1 Å². The molecule has 24 heavy (non-hydrogen) atoms. The molecule has 0 saturated carbocycles. The summed E-state index contributed by atoms with van der Waals surface area (Å²) >= 11 is 13.6. The maximum atomic E-state index is 13.7. The molecule has 0 heterocycles. The average molecular weight is 387 g/mol. The first-order valence-corrected chi connectivity index (χ1v) is 8.97. The minimum absolute atomic E-state index is 0.243. The van der Waals surface area contributed by atoms with Crippen LogP contribution in [0.5, 0.6) is 0 Å². The fourth-order valence-electron chi connectivity index (χ4n) is 2.09. The van der Waals surface area contributed by atoms with Crippen LogP contribution in [-0.4, -0.2) is 16.4 Å². The number of hydrogen-bond acceptors (Lipinski definition) is 4. The van der Waals surface area contributed by atoms with Gasteiger partial charge < -0.3 is 10.8 Å². The number of benzene rings is 2. The van der Waals surface area contributed by atoms with Crippen molar-refractivity contribution in [1.82, 2.24) is 0 Å². The van der Waals surface area contributed by atoms with Gasteiger partial charge in [-0.05, 0) is 36.2 Å². The van der Waals surface area contributed by atoms with Gasteiger partial charge in [0.1, 0.15) is 17.1 Å². The first kappa shape index (κ1) is 19.2. The second kappa shape index (κ2) is 8.83. The lowest BCUT2D eigenvalue weighted by Gasteiger charge is -2.13. The number of halogens is 3. The van der Waals surface area contributed by atoms with Gasteiger partial charge in [0, 0.05) is 17.9 Å². The highest BCUT2D eigenvalue weighted by Gasteiger charge is 2.14. The molecular weight excluding hydrogens is 370 g/mol. The molecule has 0 aliphatic carbocycles. The van der Waals surface area contributed by atoms with Crippen LogP contribution >= 0.6 is 35.0 Å². The molecule has 0 aliphatic heterocycles. The third-order valence-electron chi connectivity index (χ3n) is 3.22. The molecule has 2 rings (SSSR count). The summed E-state index contributed by atoms with van der Waals surface area (Å²) in [5.74, 6) is 0.0905. The zero-order valence-electron chi connectivity index (χ0n) is 13.0. The van der Waals surface area contributed by atoms with Gasteiger partial charge in [0.15, 0.2) is 0 Å². The molecule has 0 amide bonds. The maximum absolute atomic E-state index is 13.7. The summed E-state index contributed by atoms with van der Waals surface area (Å²) in [6.07, 6.45) is -0.920. The van der Waals surface area contributed by atoms with Crippen molar-refractivity contribution < 1.29 is 9.50 Å². The number of thioether (sulfide) groups is 1. The Labute approximate surface area is 154 Å². The SMILES string of the molecule is CC(O)/N=C(/SCc1cccc(Cl)c1Cl)c1cc(F)ccc1CN. The van der Waals surface area contributed by atoms with Gasteiger partial charge in [-0.3, -0.25) is 0 Å². The van der Waals surface area contributed by atoms with Crippen molar-refractivity contribution in [3.05, 3.63) is 69.0 Å². The van der Waals surface area contributed by atoms with Gasteiger partial charge in [0.05, 0.1) is 10.0 Å². The van der Waals surface area contributed by atoms with E-state index in [-0.39, 0.29) is 12.4 Å². The van der Waals surface area contributed by atoms with Gasteiger partial charge in [-0.15, -0.1) is 11.8 Å². The number of nitrogens with zero attached hydrogens (tertiary/aromatic N) is 1. The first-order chi connectivity index (χ1) is 11.4. The van der Waals surface area contributed by atoms with E-state index in [0.717, 1.165) is 11.1 Å². The lowest BCUT2D eigenvalue weighted by atomic mass is 10.1.